The average Bonchev–Trinajstić information content (AvgIpc) is 2.74. The third kappa shape index (κ3) is 3.06. The average molecular weight is 297 g/mol. The SMILES string of the molecule is CCc1ccc(CNc2cncc(Br)c2)s1. The summed E-state index contributed by atoms with van der Waals surface area (Å²) in [5, 5.41) is 3.36. The zero-order valence-corrected chi connectivity index (χ0v) is 11.4. The molecule has 0 aromatic carbocycles. The number of thiophene rings is 1. The number of anilines is 1. The van der Waals surface area contributed by atoms with Gasteiger partial charge in [-0.25, -0.2) is 0 Å². The highest BCUT2D eigenvalue weighted by atomic mass is 79.9. The molecule has 0 spiro atoms. The van der Waals surface area contributed by atoms with Crippen molar-refractivity contribution in [1.29, 1.82) is 0 Å². The second-order valence-corrected chi connectivity index (χ2v) is 5.64. The summed E-state index contributed by atoms with van der Waals surface area (Å²) < 4.78 is 0.998. The van der Waals surface area contributed by atoms with Crippen molar-refractivity contribution in [3.8, 4) is 0 Å². The maximum absolute atomic E-state index is 4.11. The third-order valence-electron chi connectivity index (χ3n) is 2.24. The van der Waals surface area contributed by atoms with E-state index in [2.05, 4.69) is 45.3 Å². The Balaban J connectivity index is 1.96. The van der Waals surface area contributed by atoms with Gasteiger partial charge in [0.2, 0.25) is 0 Å². The first-order valence-electron chi connectivity index (χ1n) is 5.20. The fraction of sp³-hybridized carbons (Fsp3) is 0.250. The summed E-state index contributed by atoms with van der Waals surface area (Å²) in [7, 11) is 0. The van der Waals surface area contributed by atoms with Gasteiger partial charge in [0.25, 0.3) is 0 Å². The van der Waals surface area contributed by atoms with E-state index in [0.29, 0.717) is 0 Å². The molecular formula is C12H13BrN2S. The zero-order chi connectivity index (χ0) is 11.4. The second kappa shape index (κ2) is 5.46. The third-order valence-corrected chi connectivity index (χ3v) is 3.90. The van der Waals surface area contributed by atoms with Crippen LogP contribution in [0, 0.1) is 0 Å². The molecule has 0 fully saturated rings. The molecule has 0 radical (unpaired) electrons. The fourth-order valence-corrected chi connectivity index (χ4v) is 2.67. The Morgan fingerprint density at radius 2 is 2.12 bits per heavy atom. The normalized spacial score (nSPS) is 10.4. The number of nitrogens with one attached hydrogen (secondary N) is 1. The van der Waals surface area contributed by atoms with Crippen molar-refractivity contribution in [2.45, 2.75) is 19.9 Å². The molecule has 2 aromatic heterocycles. The highest BCUT2D eigenvalue weighted by Crippen LogP contribution is 2.19. The molecule has 0 atom stereocenters. The number of aromatic nitrogens is 1. The van der Waals surface area contributed by atoms with E-state index in [1.807, 2.05) is 23.6 Å². The van der Waals surface area contributed by atoms with Crippen LogP contribution in [0.4, 0.5) is 5.69 Å². The minimum Gasteiger partial charge on any atom is -0.379 e. The van der Waals surface area contributed by atoms with Crippen LogP contribution in [0.3, 0.4) is 0 Å². The minimum atomic E-state index is 0.864. The molecule has 0 aliphatic rings. The van der Waals surface area contributed by atoms with Gasteiger partial charge in [-0.2, -0.15) is 0 Å². The molecule has 84 valence electrons. The molecule has 0 aliphatic heterocycles. The Morgan fingerprint density at radius 1 is 1.31 bits per heavy atom. The molecule has 0 amide bonds. The first kappa shape index (κ1) is 11.6. The maximum Gasteiger partial charge on any atom is 0.0540 e. The minimum absolute atomic E-state index is 0.864. The van der Waals surface area contributed by atoms with Crippen molar-refractivity contribution in [2.75, 3.05) is 5.32 Å². The van der Waals surface area contributed by atoms with Crippen LogP contribution < -0.4 is 5.32 Å². The lowest BCUT2D eigenvalue weighted by Gasteiger charge is -2.04. The zero-order valence-electron chi connectivity index (χ0n) is 9.03. The maximum atomic E-state index is 4.11. The van der Waals surface area contributed by atoms with Crippen LogP contribution >= 0.6 is 27.3 Å². The molecule has 2 aromatic rings. The van der Waals surface area contributed by atoms with Gasteiger partial charge >= 0.3 is 0 Å². The lowest BCUT2D eigenvalue weighted by Crippen LogP contribution is -1.97. The van der Waals surface area contributed by atoms with E-state index < -0.39 is 0 Å². The summed E-state index contributed by atoms with van der Waals surface area (Å²) in [5.74, 6) is 0. The van der Waals surface area contributed by atoms with Gasteiger partial charge in [0.05, 0.1) is 11.9 Å². The Hall–Kier alpha value is -0.870. The van der Waals surface area contributed by atoms with Gasteiger partial charge in [0, 0.05) is 27.0 Å². The molecule has 0 bridgehead atoms. The van der Waals surface area contributed by atoms with Crippen molar-refractivity contribution in [1.82, 2.24) is 4.98 Å². The number of aryl methyl sites for hydroxylation is 1. The van der Waals surface area contributed by atoms with E-state index in [4.69, 9.17) is 0 Å². The molecule has 0 unspecified atom stereocenters. The fourth-order valence-electron chi connectivity index (χ4n) is 1.41. The van der Waals surface area contributed by atoms with Crippen LogP contribution in [0.25, 0.3) is 0 Å². The van der Waals surface area contributed by atoms with Gasteiger partial charge < -0.3 is 5.32 Å². The molecule has 16 heavy (non-hydrogen) atoms. The molecule has 0 aliphatic carbocycles. The summed E-state index contributed by atoms with van der Waals surface area (Å²) in [6.07, 6.45) is 4.73. The number of rotatable bonds is 4. The second-order valence-electron chi connectivity index (χ2n) is 3.47. The number of pyridine rings is 1. The first-order chi connectivity index (χ1) is 7.78. The lowest BCUT2D eigenvalue weighted by molar-refractivity contribution is 1.17. The van der Waals surface area contributed by atoms with Gasteiger partial charge in [-0.15, -0.1) is 11.3 Å². The van der Waals surface area contributed by atoms with Crippen molar-refractivity contribution < 1.29 is 0 Å². The monoisotopic (exact) mass is 296 g/mol. The highest BCUT2D eigenvalue weighted by molar-refractivity contribution is 9.10. The highest BCUT2D eigenvalue weighted by Gasteiger charge is 1.99. The number of nitrogens with zero attached hydrogens (tertiary/aromatic N) is 1. The van der Waals surface area contributed by atoms with E-state index in [1.54, 1.807) is 6.20 Å². The van der Waals surface area contributed by atoms with Crippen LogP contribution in [0.5, 0.6) is 0 Å². The number of hydrogen-bond acceptors (Lipinski definition) is 3. The molecule has 4 heteroatoms. The van der Waals surface area contributed by atoms with Crippen LogP contribution in [-0.2, 0) is 13.0 Å². The van der Waals surface area contributed by atoms with E-state index in [-0.39, 0.29) is 0 Å². The van der Waals surface area contributed by atoms with Crippen molar-refractivity contribution in [3.05, 3.63) is 44.8 Å². The predicted octanol–water partition coefficient (Wildman–Crippen LogP) is 4.08. The van der Waals surface area contributed by atoms with Crippen LogP contribution in [0.2, 0.25) is 0 Å². The number of halogens is 1. The van der Waals surface area contributed by atoms with Gasteiger partial charge in [-0.1, -0.05) is 6.92 Å². The molecule has 0 saturated heterocycles. The van der Waals surface area contributed by atoms with E-state index in [9.17, 15) is 0 Å². The summed E-state index contributed by atoms with van der Waals surface area (Å²) in [6, 6.07) is 6.41. The van der Waals surface area contributed by atoms with Gasteiger partial charge in [0.1, 0.15) is 0 Å². The predicted molar refractivity (Wildman–Crippen MR) is 73.0 cm³/mol. The Bertz CT molecular complexity index is 468. The Morgan fingerprint density at radius 3 is 2.81 bits per heavy atom. The molecule has 0 saturated carbocycles. The van der Waals surface area contributed by atoms with E-state index in [0.717, 1.165) is 23.1 Å². The Labute approximate surface area is 108 Å². The van der Waals surface area contributed by atoms with Gasteiger partial charge in [-0.3, -0.25) is 4.98 Å². The quantitative estimate of drug-likeness (QED) is 0.919. The van der Waals surface area contributed by atoms with E-state index in [1.165, 1.54) is 9.75 Å². The molecule has 2 heterocycles. The van der Waals surface area contributed by atoms with Crippen LogP contribution in [0.15, 0.2) is 35.1 Å². The first-order valence-corrected chi connectivity index (χ1v) is 6.81. The summed E-state index contributed by atoms with van der Waals surface area (Å²) in [5.41, 5.74) is 1.04. The van der Waals surface area contributed by atoms with Crippen molar-refractivity contribution >= 4 is 33.0 Å². The largest absolute Gasteiger partial charge is 0.379 e. The van der Waals surface area contributed by atoms with Gasteiger partial charge in [0.15, 0.2) is 0 Å². The summed E-state index contributed by atoms with van der Waals surface area (Å²) in [4.78, 5) is 6.90. The topological polar surface area (TPSA) is 24.9 Å². The van der Waals surface area contributed by atoms with Crippen LogP contribution in [0.1, 0.15) is 16.7 Å². The molecule has 2 nitrogen and oxygen atoms in total. The van der Waals surface area contributed by atoms with Crippen molar-refractivity contribution in [3.63, 3.8) is 0 Å². The van der Waals surface area contributed by atoms with Crippen molar-refractivity contribution in [2.24, 2.45) is 0 Å². The smallest absolute Gasteiger partial charge is 0.0540 e. The lowest BCUT2D eigenvalue weighted by atomic mass is 10.3. The summed E-state index contributed by atoms with van der Waals surface area (Å²) >= 11 is 5.27. The summed E-state index contributed by atoms with van der Waals surface area (Å²) in [6.45, 7) is 3.05. The molecule has 1 N–H and O–H groups in total. The Kier molecular flexibility index (Phi) is 3.96. The standard InChI is InChI=1S/C12H13BrN2S/c1-2-11-3-4-12(16-11)8-15-10-5-9(13)6-14-7-10/h3-7,15H,2,8H2,1H3. The molecule has 2 rings (SSSR count). The number of hydrogen-bond donors (Lipinski definition) is 1. The van der Waals surface area contributed by atoms with E-state index >= 15 is 0 Å². The van der Waals surface area contributed by atoms with Crippen LogP contribution in [-0.4, -0.2) is 4.98 Å². The van der Waals surface area contributed by atoms with Gasteiger partial charge in [-0.05, 0) is 40.5 Å². The molecular weight excluding hydrogens is 284 g/mol.